The van der Waals surface area contributed by atoms with Gasteiger partial charge < -0.3 is 4.57 Å². The van der Waals surface area contributed by atoms with Gasteiger partial charge in [-0.25, -0.2) is 0 Å². The van der Waals surface area contributed by atoms with Crippen LogP contribution in [0.3, 0.4) is 0 Å². The number of nitrogens with zero attached hydrogens (tertiary/aromatic N) is 1. The number of aromatic nitrogens is 1. The summed E-state index contributed by atoms with van der Waals surface area (Å²) < 4.78 is 2.25. The molecule has 0 spiro atoms. The van der Waals surface area contributed by atoms with E-state index in [1.807, 2.05) is 6.92 Å². The minimum absolute atomic E-state index is 0.574. The fourth-order valence-corrected chi connectivity index (χ4v) is 2.37. The number of carbonyl (C=O) groups is 1. The Bertz CT molecular complexity index is 564. The summed E-state index contributed by atoms with van der Waals surface area (Å²) in [5.41, 5.74) is 4.28. The van der Waals surface area contributed by atoms with Gasteiger partial charge in [0.05, 0.1) is 0 Å². The maximum atomic E-state index is 11.2. The van der Waals surface area contributed by atoms with Crippen LogP contribution in [0.5, 0.6) is 0 Å². The molecule has 0 aliphatic carbocycles. The van der Waals surface area contributed by atoms with Crippen LogP contribution in [-0.2, 0) is 6.54 Å². The molecule has 0 aliphatic rings. The van der Waals surface area contributed by atoms with Crippen LogP contribution in [0.1, 0.15) is 35.5 Å². The van der Waals surface area contributed by atoms with Crippen molar-refractivity contribution in [2.45, 2.75) is 34.2 Å². The van der Waals surface area contributed by atoms with E-state index in [2.05, 4.69) is 43.5 Å². The highest BCUT2D eigenvalue weighted by Gasteiger charge is 2.13. The van der Waals surface area contributed by atoms with Crippen LogP contribution in [0, 0.1) is 19.8 Å². The zero-order valence-electron chi connectivity index (χ0n) is 10.9. The summed E-state index contributed by atoms with van der Waals surface area (Å²) in [6, 6.07) is 6.32. The van der Waals surface area contributed by atoms with E-state index >= 15 is 0 Å². The number of rotatable bonds is 3. The third-order valence-corrected chi connectivity index (χ3v) is 3.19. The average molecular weight is 229 g/mol. The Morgan fingerprint density at radius 1 is 1.29 bits per heavy atom. The van der Waals surface area contributed by atoms with Gasteiger partial charge in [-0.3, -0.25) is 4.79 Å². The fourth-order valence-electron chi connectivity index (χ4n) is 2.37. The van der Waals surface area contributed by atoms with Crippen LogP contribution in [0.4, 0.5) is 0 Å². The molecule has 2 nitrogen and oxygen atoms in total. The van der Waals surface area contributed by atoms with Crippen molar-refractivity contribution in [3.63, 3.8) is 0 Å². The van der Waals surface area contributed by atoms with Gasteiger partial charge in [0.2, 0.25) is 0 Å². The molecule has 0 saturated carbocycles. The van der Waals surface area contributed by atoms with E-state index in [1.54, 1.807) is 0 Å². The maximum Gasteiger partial charge on any atom is 0.152 e. The molecule has 0 radical (unpaired) electrons. The maximum absolute atomic E-state index is 11.2. The van der Waals surface area contributed by atoms with Gasteiger partial charge in [0.1, 0.15) is 0 Å². The van der Waals surface area contributed by atoms with Crippen molar-refractivity contribution < 1.29 is 4.79 Å². The van der Waals surface area contributed by atoms with E-state index in [9.17, 15) is 4.79 Å². The molecule has 0 N–H and O–H groups in total. The van der Waals surface area contributed by atoms with Crippen molar-refractivity contribution in [2.24, 2.45) is 5.92 Å². The second-order valence-electron chi connectivity index (χ2n) is 5.14. The van der Waals surface area contributed by atoms with Gasteiger partial charge in [-0.05, 0) is 31.9 Å². The van der Waals surface area contributed by atoms with E-state index in [4.69, 9.17) is 0 Å². The third-order valence-electron chi connectivity index (χ3n) is 3.19. The third kappa shape index (κ3) is 1.99. The largest absolute Gasteiger partial charge is 0.344 e. The summed E-state index contributed by atoms with van der Waals surface area (Å²) in [5.74, 6) is 0.574. The molecule has 2 heteroatoms. The lowest BCUT2D eigenvalue weighted by Crippen LogP contribution is -2.06. The quantitative estimate of drug-likeness (QED) is 0.735. The lowest BCUT2D eigenvalue weighted by atomic mass is 10.1. The van der Waals surface area contributed by atoms with Gasteiger partial charge in [0, 0.05) is 28.7 Å². The Hall–Kier alpha value is -1.57. The van der Waals surface area contributed by atoms with Crippen LogP contribution in [0.15, 0.2) is 18.2 Å². The number of hydrogen-bond acceptors (Lipinski definition) is 1. The molecule has 0 aliphatic heterocycles. The standard InChI is InChI=1S/C15H19NO/c1-10(2)8-16-12(4)14(9-17)13-7-11(3)5-6-15(13)16/h5-7,9-10H,8H2,1-4H3. The molecule has 17 heavy (non-hydrogen) atoms. The number of aryl methyl sites for hydroxylation is 1. The highest BCUT2D eigenvalue weighted by atomic mass is 16.1. The Labute approximate surface area is 102 Å². The van der Waals surface area contributed by atoms with E-state index < -0.39 is 0 Å². The first-order valence-corrected chi connectivity index (χ1v) is 6.09. The SMILES string of the molecule is Cc1ccc2c(c1)c(C=O)c(C)n2CC(C)C. The molecule has 0 fully saturated rings. The number of carbonyl (C=O) groups excluding carboxylic acids is 1. The molecule has 0 unspecified atom stereocenters. The normalized spacial score (nSPS) is 11.4. The Morgan fingerprint density at radius 3 is 2.59 bits per heavy atom. The lowest BCUT2D eigenvalue weighted by molar-refractivity contribution is 0.112. The molecule has 2 aromatic rings. The van der Waals surface area contributed by atoms with Crippen LogP contribution in [0.2, 0.25) is 0 Å². The first-order chi connectivity index (χ1) is 8.04. The molecule has 0 saturated heterocycles. The van der Waals surface area contributed by atoms with Crippen LogP contribution >= 0.6 is 0 Å². The van der Waals surface area contributed by atoms with Crippen molar-refractivity contribution in [3.8, 4) is 0 Å². The van der Waals surface area contributed by atoms with Gasteiger partial charge in [-0.1, -0.05) is 25.5 Å². The summed E-state index contributed by atoms with van der Waals surface area (Å²) in [7, 11) is 0. The zero-order chi connectivity index (χ0) is 12.6. The van der Waals surface area contributed by atoms with Crippen LogP contribution < -0.4 is 0 Å². The molecular formula is C15H19NO. The Kier molecular flexibility index (Phi) is 3.05. The summed E-state index contributed by atoms with van der Waals surface area (Å²) in [5, 5.41) is 1.08. The van der Waals surface area contributed by atoms with E-state index in [0.29, 0.717) is 5.92 Å². The minimum Gasteiger partial charge on any atom is -0.344 e. The van der Waals surface area contributed by atoms with Crippen molar-refractivity contribution in [1.82, 2.24) is 4.57 Å². The highest BCUT2D eigenvalue weighted by Crippen LogP contribution is 2.26. The average Bonchev–Trinajstić information content (AvgIpc) is 2.50. The van der Waals surface area contributed by atoms with Gasteiger partial charge in [0.15, 0.2) is 6.29 Å². The molecule has 90 valence electrons. The Balaban J connectivity index is 2.75. The number of benzene rings is 1. The first kappa shape index (κ1) is 11.9. The molecule has 0 bridgehead atoms. The predicted molar refractivity (Wildman–Crippen MR) is 71.6 cm³/mol. The van der Waals surface area contributed by atoms with Crippen molar-refractivity contribution in [2.75, 3.05) is 0 Å². The molecule has 1 aromatic carbocycles. The molecular weight excluding hydrogens is 210 g/mol. The number of fused-ring (bicyclic) bond motifs is 1. The van der Waals surface area contributed by atoms with Crippen molar-refractivity contribution in [3.05, 3.63) is 35.0 Å². The minimum atomic E-state index is 0.574. The zero-order valence-corrected chi connectivity index (χ0v) is 10.9. The van der Waals surface area contributed by atoms with Gasteiger partial charge in [-0.2, -0.15) is 0 Å². The smallest absolute Gasteiger partial charge is 0.152 e. The van der Waals surface area contributed by atoms with Gasteiger partial charge in [-0.15, -0.1) is 0 Å². The van der Waals surface area contributed by atoms with E-state index in [-0.39, 0.29) is 0 Å². The number of hydrogen-bond donors (Lipinski definition) is 0. The van der Waals surface area contributed by atoms with Gasteiger partial charge in [0.25, 0.3) is 0 Å². The highest BCUT2D eigenvalue weighted by molar-refractivity contribution is 5.99. The topological polar surface area (TPSA) is 22.0 Å². The molecule has 0 atom stereocenters. The molecule has 0 amide bonds. The molecule has 1 aromatic heterocycles. The predicted octanol–water partition coefficient (Wildman–Crippen LogP) is 3.73. The summed E-state index contributed by atoms with van der Waals surface area (Å²) in [6.07, 6.45) is 0.980. The summed E-state index contributed by atoms with van der Waals surface area (Å²) in [4.78, 5) is 11.2. The second kappa shape index (κ2) is 4.36. The second-order valence-corrected chi connectivity index (χ2v) is 5.14. The molecule has 2 rings (SSSR count). The lowest BCUT2D eigenvalue weighted by Gasteiger charge is -2.11. The van der Waals surface area contributed by atoms with Crippen molar-refractivity contribution >= 4 is 17.2 Å². The van der Waals surface area contributed by atoms with Gasteiger partial charge >= 0.3 is 0 Å². The summed E-state index contributed by atoms with van der Waals surface area (Å²) >= 11 is 0. The van der Waals surface area contributed by atoms with E-state index in [1.165, 1.54) is 11.1 Å². The fraction of sp³-hybridized carbons (Fsp3) is 0.400. The number of aldehydes is 1. The van der Waals surface area contributed by atoms with E-state index in [0.717, 1.165) is 29.5 Å². The first-order valence-electron chi connectivity index (χ1n) is 6.09. The van der Waals surface area contributed by atoms with Crippen molar-refractivity contribution in [1.29, 1.82) is 0 Å². The Morgan fingerprint density at radius 2 is 2.00 bits per heavy atom. The summed E-state index contributed by atoms with van der Waals surface area (Å²) in [6.45, 7) is 9.43. The van der Waals surface area contributed by atoms with Crippen LogP contribution in [-0.4, -0.2) is 10.9 Å². The van der Waals surface area contributed by atoms with Crippen LogP contribution in [0.25, 0.3) is 10.9 Å². The molecule has 1 heterocycles. The monoisotopic (exact) mass is 229 g/mol.